The fourth-order valence-electron chi connectivity index (χ4n) is 5.44. The van der Waals surface area contributed by atoms with Gasteiger partial charge < -0.3 is 14.4 Å². The maximum absolute atomic E-state index is 14.4. The lowest BCUT2D eigenvalue weighted by Gasteiger charge is -2.40. The lowest BCUT2D eigenvalue weighted by atomic mass is 9.94. The maximum Gasteiger partial charge on any atom is 0.173 e. The van der Waals surface area contributed by atoms with Crippen molar-refractivity contribution in [3.63, 3.8) is 0 Å². The van der Waals surface area contributed by atoms with Gasteiger partial charge in [0, 0.05) is 37.8 Å². The fraction of sp³-hybridized carbons (Fsp3) is 0.500. The predicted molar refractivity (Wildman–Crippen MR) is 132 cm³/mol. The Labute approximate surface area is 205 Å². The molecule has 2 aliphatic rings. The molecular weight excluding hydrogens is 447 g/mol. The SMILES string of the molecule is COc1ccc(C(c2nnnn2C2CCCCC2)N2CCN(c3ccccc3F)CC2)c(OC)c1. The zero-order chi connectivity index (χ0) is 24.2. The van der Waals surface area contributed by atoms with Crippen molar-refractivity contribution in [3.05, 3.63) is 59.7 Å². The van der Waals surface area contributed by atoms with Crippen LogP contribution in [0.3, 0.4) is 0 Å². The predicted octanol–water partition coefficient (Wildman–Crippen LogP) is 4.25. The molecule has 0 N–H and O–H groups in total. The van der Waals surface area contributed by atoms with Crippen LogP contribution in [0.15, 0.2) is 42.5 Å². The number of para-hydroxylation sites is 1. The molecule has 1 saturated heterocycles. The molecule has 1 unspecified atom stereocenters. The van der Waals surface area contributed by atoms with Crippen LogP contribution in [0.1, 0.15) is 55.6 Å². The van der Waals surface area contributed by atoms with Crippen molar-refractivity contribution >= 4 is 5.69 Å². The van der Waals surface area contributed by atoms with Crippen molar-refractivity contribution in [1.29, 1.82) is 0 Å². The molecule has 0 radical (unpaired) electrons. The minimum absolute atomic E-state index is 0.185. The van der Waals surface area contributed by atoms with Crippen LogP contribution in [0.4, 0.5) is 10.1 Å². The molecule has 0 bridgehead atoms. The molecular formula is C26H33FN6O2. The van der Waals surface area contributed by atoms with Crippen molar-refractivity contribution < 1.29 is 13.9 Å². The van der Waals surface area contributed by atoms with Crippen LogP contribution in [0.2, 0.25) is 0 Å². The summed E-state index contributed by atoms with van der Waals surface area (Å²) in [5.74, 6) is 2.12. The van der Waals surface area contributed by atoms with E-state index in [-0.39, 0.29) is 11.9 Å². The summed E-state index contributed by atoms with van der Waals surface area (Å²) in [6, 6.07) is 13.0. The third-order valence-corrected chi connectivity index (χ3v) is 7.29. The van der Waals surface area contributed by atoms with Gasteiger partial charge in [-0.15, -0.1) is 5.10 Å². The minimum atomic E-state index is -0.185. The Kier molecular flexibility index (Phi) is 7.13. The van der Waals surface area contributed by atoms with Crippen molar-refractivity contribution in [2.45, 2.75) is 44.2 Å². The second kappa shape index (κ2) is 10.6. The summed E-state index contributed by atoms with van der Waals surface area (Å²) in [5, 5.41) is 13.1. The number of hydrogen-bond acceptors (Lipinski definition) is 7. The summed E-state index contributed by atoms with van der Waals surface area (Å²) in [5.41, 5.74) is 1.65. The number of methoxy groups -OCH3 is 2. The summed E-state index contributed by atoms with van der Waals surface area (Å²) in [6.45, 7) is 2.90. The van der Waals surface area contributed by atoms with Crippen molar-refractivity contribution in [1.82, 2.24) is 25.1 Å². The van der Waals surface area contributed by atoms with Crippen LogP contribution >= 0.6 is 0 Å². The number of benzene rings is 2. The molecule has 0 amide bonds. The highest BCUT2D eigenvalue weighted by Crippen LogP contribution is 2.39. The van der Waals surface area contributed by atoms with E-state index < -0.39 is 0 Å². The average molecular weight is 481 g/mol. The smallest absolute Gasteiger partial charge is 0.173 e. The van der Waals surface area contributed by atoms with E-state index in [1.165, 1.54) is 25.3 Å². The van der Waals surface area contributed by atoms with E-state index in [4.69, 9.17) is 9.47 Å². The molecule has 35 heavy (non-hydrogen) atoms. The first kappa shape index (κ1) is 23.5. The van der Waals surface area contributed by atoms with E-state index in [9.17, 15) is 4.39 Å². The monoisotopic (exact) mass is 480 g/mol. The quantitative estimate of drug-likeness (QED) is 0.501. The Morgan fingerprint density at radius 1 is 0.943 bits per heavy atom. The summed E-state index contributed by atoms with van der Waals surface area (Å²) in [6.07, 6.45) is 5.84. The zero-order valence-corrected chi connectivity index (χ0v) is 20.4. The Hall–Kier alpha value is -3.20. The molecule has 1 aliphatic heterocycles. The largest absolute Gasteiger partial charge is 0.497 e. The van der Waals surface area contributed by atoms with Gasteiger partial charge in [0.2, 0.25) is 0 Å². The number of nitrogens with zero attached hydrogens (tertiary/aromatic N) is 6. The van der Waals surface area contributed by atoms with Crippen LogP contribution in [-0.4, -0.2) is 65.5 Å². The Morgan fingerprint density at radius 2 is 1.71 bits per heavy atom. The van der Waals surface area contributed by atoms with Crippen LogP contribution in [0, 0.1) is 5.82 Å². The van der Waals surface area contributed by atoms with Gasteiger partial charge in [-0.05, 0) is 47.5 Å². The number of halogens is 1. The molecule has 9 heteroatoms. The van der Waals surface area contributed by atoms with E-state index in [0.717, 1.165) is 48.8 Å². The normalized spacial score (nSPS) is 18.4. The molecule has 2 fully saturated rings. The third kappa shape index (κ3) is 4.82. The summed E-state index contributed by atoms with van der Waals surface area (Å²) in [7, 11) is 3.33. The average Bonchev–Trinajstić information content (AvgIpc) is 3.40. The Balaban J connectivity index is 1.49. The van der Waals surface area contributed by atoms with Crippen LogP contribution < -0.4 is 14.4 Å². The molecule has 2 aromatic carbocycles. The highest BCUT2D eigenvalue weighted by Gasteiger charge is 2.34. The molecule has 1 aliphatic carbocycles. The minimum Gasteiger partial charge on any atom is -0.497 e. The number of hydrogen-bond donors (Lipinski definition) is 0. The van der Waals surface area contributed by atoms with E-state index in [1.54, 1.807) is 20.3 Å². The van der Waals surface area contributed by atoms with Crippen molar-refractivity contribution in [3.8, 4) is 11.5 Å². The molecule has 8 nitrogen and oxygen atoms in total. The molecule has 5 rings (SSSR count). The lowest BCUT2D eigenvalue weighted by Crippen LogP contribution is -2.48. The van der Waals surface area contributed by atoms with E-state index in [2.05, 4.69) is 25.3 Å². The zero-order valence-electron chi connectivity index (χ0n) is 20.4. The fourth-order valence-corrected chi connectivity index (χ4v) is 5.44. The van der Waals surface area contributed by atoms with Crippen LogP contribution in [-0.2, 0) is 0 Å². The third-order valence-electron chi connectivity index (χ3n) is 7.29. The van der Waals surface area contributed by atoms with Crippen molar-refractivity contribution in [2.24, 2.45) is 0 Å². The van der Waals surface area contributed by atoms with Crippen LogP contribution in [0.5, 0.6) is 11.5 Å². The number of aromatic nitrogens is 4. The first-order valence-electron chi connectivity index (χ1n) is 12.4. The second-order valence-electron chi connectivity index (χ2n) is 9.26. The van der Waals surface area contributed by atoms with Gasteiger partial charge in [0.05, 0.1) is 25.9 Å². The molecule has 2 heterocycles. The molecule has 3 aromatic rings. The molecule has 1 saturated carbocycles. The first-order chi connectivity index (χ1) is 17.2. The van der Waals surface area contributed by atoms with Gasteiger partial charge >= 0.3 is 0 Å². The summed E-state index contributed by atoms with van der Waals surface area (Å²) in [4.78, 5) is 4.49. The second-order valence-corrected chi connectivity index (χ2v) is 9.26. The maximum atomic E-state index is 14.4. The lowest BCUT2D eigenvalue weighted by molar-refractivity contribution is 0.190. The number of tetrazole rings is 1. The van der Waals surface area contributed by atoms with Crippen molar-refractivity contribution in [2.75, 3.05) is 45.3 Å². The van der Waals surface area contributed by atoms with E-state index in [1.807, 2.05) is 35.0 Å². The number of piperazine rings is 1. The van der Waals surface area contributed by atoms with Gasteiger partial charge in [0.1, 0.15) is 23.4 Å². The van der Waals surface area contributed by atoms with Crippen LogP contribution in [0.25, 0.3) is 0 Å². The van der Waals surface area contributed by atoms with Gasteiger partial charge in [-0.3, -0.25) is 4.90 Å². The topological polar surface area (TPSA) is 68.5 Å². The van der Waals surface area contributed by atoms with Gasteiger partial charge in [0.15, 0.2) is 5.82 Å². The van der Waals surface area contributed by atoms with E-state index >= 15 is 0 Å². The number of ether oxygens (including phenoxy) is 2. The number of rotatable bonds is 7. The molecule has 186 valence electrons. The Bertz CT molecular complexity index is 1120. The first-order valence-corrected chi connectivity index (χ1v) is 12.4. The summed E-state index contributed by atoms with van der Waals surface area (Å²) >= 11 is 0. The highest BCUT2D eigenvalue weighted by atomic mass is 19.1. The van der Waals surface area contributed by atoms with Gasteiger partial charge in [-0.25, -0.2) is 9.07 Å². The number of anilines is 1. The van der Waals surface area contributed by atoms with Gasteiger partial charge in [0.25, 0.3) is 0 Å². The highest BCUT2D eigenvalue weighted by molar-refractivity contribution is 5.48. The molecule has 1 atom stereocenters. The summed E-state index contributed by atoms with van der Waals surface area (Å²) < 4.78 is 27.7. The standard InChI is InChI=1S/C26H33FN6O2/c1-34-20-12-13-21(24(18-20)35-2)25(26-28-29-30-33(26)19-8-4-3-5-9-19)32-16-14-31(15-17-32)23-11-7-6-10-22(23)27/h6-7,10-13,18-19,25H,3-5,8-9,14-17H2,1-2H3. The molecule has 0 spiro atoms. The van der Waals surface area contributed by atoms with E-state index in [0.29, 0.717) is 24.8 Å². The Morgan fingerprint density at radius 3 is 2.43 bits per heavy atom. The van der Waals surface area contributed by atoms with Gasteiger partial charge in [-0.2, -0.15) is 0 Å². The van der Waals surface area contributed by atoms with Gasteiger partial charge in [-0.1, -0.05) is 31.4 Å². The molecule has 1 aromatic heterocycles.